The van der Waals surface area contributed by atoms with Crippen molar-refractivity contribution in [1.29, 1.82) is 0 Å². The maximum Gasteiger partial charge on any atom is 0.0633 e. The van der Waals surface area contributed by atoms with Crippen LogP contribution >= 0.6 is 0 Å². The van der Waals surface area contributed by atoms with Crippen molar-refractivity contribution in [3.8, 4) is 0 Å². The Kier molecular flexibility index (Phi) is 4.10. The summed E-state index contributed by atoms with van der Waals surface area (Å²) < 4.78 is 7.32. The topological polar surface area (TPSA) is 9.23 Å². The molecule has 8 saturated carbocycles. The van der Waals surface area contributed by atoms with Crippen LogP contribution in [-0.4, -0.2) is 12.2 Å². The third-order valence-electron chi connectivity index (χ3n) is 10.6. The van der Waals surface area contributed by atoms with Gasteiger partial charge in [-0.1, -0.05) is 13.8 Å². The lowest BCUT2D eigenvalue weighted by atomic mass is 9.47. The molecule has 0 N–H and O–H groups in total. The zero-order chi connectivity index (χ0) is 18.2. The SMILES string of the molecule is CCC(OC(CC)C12CC3CC(CC(C3)C1)C2)C12CC3CC(CC(C3)C1)C2. The standard InChI is InChI=1S/C26H42O/c1-3-23(25-11-17-5-18(12-25)7-19(6-17)13-25)27-24(4-2)26-14-20-8-21(15-26)10-22(9-20)16-26/h17-24H,3-16H2,1-2H3. The Hall–Kier alpha value is -0.0400. The first kappa shape index (κ1) is 17.8. The second kappa shape index (κ2) is 6.23. The fourth-order valence-corrected chi connectivity index (χ4v) is 10.7. The van der Waals surface area contributed by atoms with E-state index in [4.69, 9.17) is 4.74 Å². The van der Waals surface area contributed by atoms with E-state index in [1.807, 2.05) is 0 Å². The van der Waals surface area contributed by atoms with E-state index in [2.05, 4.69) is 13.8 Å². The smallest absolute Gasteiger partial charge is 0.0633 e. The second-order valence-corrected chi connectivity index (χ2v) is 12.5. The number of ether oxygens (including phenoxy) is 1. The second-order valence-electron chi connectivity index (χ2n) is 12.5. The lowest BCUT2D eigenvalue weighted by Crippen LogP contribution is -2.56. The molecule has 8 bridgehead atoms. The van der Waals surface area contributed by atoms with Gasteiger partial charge in [-0.05, 0) is 136 Å². The summed E-state index contributed by atoms with van der Waals surface area (Å²) in [7, 11) is 0. The van der Waals surface area contributed by atoms with Crippen molar-refractivity contribution in [3.05, 3.63) is 0 Å². The van der Waals surface area contributed by atoms with E-state index >= 15 is 0 Å². The van der Waals surface area contributed by atoms with Gasteiger partial charge < -0.3 is 4.74 Å². The van der Waals surface area contributed by atoms with Gasteiger partial charge in [0.25, 0.3) is 0 Å². The largest absolute Gasteiger partial charge is 0.374 e. The Morgan fingerprint density at radius 1 is 0.556 bits per heavy atom. The predicted octanol–water partition coefficient (Wildman–Crippen LogP) is 6.99. The summed E-state index contributed by atoms with van der Waals surface area (Å²) in [4.78, 5) is 0. The van der Waals surface area contributed by atoms with Crippen molar-refractivity contribution in [1.82, 2.24) is 0 Å². The highest BCUT2D eigenvalue weighted by Crippen LogP contribution is 2.65. The molecule has 0 saturated heterocycles. The van der Waals surface area contributed by atoms with Crippen molar-refractivity contribution in [2.45, 2.75) is 116 Å². The van der Waals surface area contributed by atoms with Gasteiger partial charge in [-0.25, -0.2) is 0 Å². The molecule has 2 atom stereocenters. The van der Waals surface area contributed by atoms with Crippen LogP contribution in [0.4, 0.5) is 0 Å². The molecule has 0 spiro atoms. The first-order valence-electron chi connectivity index (χ1n) is 12.7. The number of hydrogen-bond acceptors (Lipinski definition) is 1. The minimum absolute atomic E-state index is 0.559. The van der Waals surface area contributed by atoms with Crippen LogP contribution < -0.4 is 0 Å². The average molecular weight is 371 g/mol. The summed E-state index contributed by atoms with van der Waals surface area (Å²) in [5.74, 6) is 6.30. The van der Waals surface area contributed by atoms with E-state index in [-0.39, 0.29) is 0 Å². The van der Waals surface area contributed by atoms with Crippen LogP contribution in [0, 0.1) is 46.3 Å². The normalized spacial score (nSPS) is 54.4. The molecule has 0 aliphatic heterocycles. The molecular formula is C26H42O. The first-order chi connectivity index (χ1) is 13.1. The quantitative estimate of drug-likeness (QED) is 0.489. The molecule has 0 aromatic heterocycles. The maximum absolute atomic E-state index is 7.32. The van der Waals surface area contributed by atoms with Gasteiger partial charge in [0.2, 0.25) is 0 Å². The van der Waals surface area contributed by atoms with E-state index < -0.39 is 0 Å². The van der Waals surface area contributed by atoms with E-state index in [0.29, 0.717) is 23.0 Å². The highest BCUT2D eigenvalue weighted by molar-refractivity contribution is 5.07. The Balaban J connectivity index is 1.25. The summed E-state index contributed by atoms with van der Waals surface area (Å²) in [6.07, 6.45) is 22.0. The summed E-state index contributed by atoms with van der Waals surface area (Å²) in [5.41, 5.74) is 1.14. The van der Waals surface area contributed by atoms with Crippen molar-refractivity contribution >= 4 is 0 Å². The summed E-state index contributed by atoms with van der Waals surface area (Å²) in [6.45, 7) is 4.88. The highest BCUT2D eigenvalue weighted by atomic mass is 16.5. The molecule has 8 fully saturated rings. The monoisotopic (exact) mass is 370 g/mol. The Bertz CT molecular complexity index is 456. The molecule has 8 aliphatic rings. The van der Waals surface area contributed by atoms with Crippen LogP contribution in [0.2, 0.25) is 0 Å². The van der Waals surface area contributed by atoms with E-state index in [9.17, 15) is 0 Å². The fourth-order valence-electron chi connectivity index (χ4n) is 10.7. The number of hydrogen-bond donors (Lipinski definition) is 0. The van der Waals surface area contributed by atoms with Crippen LogP contribution in [0.3, 0.4) is 0 Å². The van der Waals surface area contributed by atoms with E-state index in [0.717, 1.165) is 35.5 Å². The molecule has 0 aromatic carbocycles. The van der Waals surface area contributed by atoms with Crippen molar-refractivity contribution < 1.29 is 4.74 Å². The van der Waals surface area contributed by atoms with Crippen LogP contribution in [-0.2, 0) is 4.74 Å². The van der Waals surface area contributed by atoms with Gasteiger partial charge in [-0.3, -0.25) is 0 Å². The molecule has 0 amide bonds. The Morgan fingerprint density at radius 3 is 1.04 bits per heavy atom. The van der Waals surface area contributed by atoms with Crippen molar-refractivity contribution in [2.75, 3.05) is 0 Å². The molecule has 2 unspecified atom stereocenters. The summed E-state index contributed by atoms with van der Waals surface area (Å²) >= 11 is 0. The summed E-state index contributed by atoms with van der Waals surface area (Å²) in [5, 5.41) is 0. The zero-order valence-corrected chi connectivity index (χ0v) is 17.9. The van der Waals surface area contributed by atoms with Crippen molar-refractivity contribution in [2.24, 2.45) is 46.3 Å². The average Bonchev–Trinajstić information content (AvgIpc) is 2.60. The van der Waals surface area contributed by atoms with Gasteiger partial charge in [0.1, 0.15) is 0 Å². The molecule has 8 aliphatic carbocycles. The molecule has 8 rings (SSSR count). The molecule has 0 aromatic rings. The zero-order valence-electron chi connectivity index (χ0n) is 17.9. The molecular weight excluding hydrogens is 328 g/mol. The third-order valence-corrected chi connectivity index (χ3v) is 10.6. The van der Waals surface area contributed by atoms with Crippen LogP contribution in [0.5, 0.6) is 0 Å². The minimum Gasteiger partial charge on any atom is -0.374 e. The third kappa shape index (κ3) is 2.72. The molecule has 27 heavy (non-hydrogen) atoms. The Morgan fingerprint density at radius 2 is 0.815 bits per heavy atom. The summed E-state index contributed by atoms with van der Waals surface area (Å²) in [6, 6.07) is 0. The predicted molar refractivity (Wildman–Crippen MR) is 110 cm³/mol. The van der Waals surface area contributed by atoms with Gasteiger partial charge in [-0.2, -0.15) is 0 Å². The van der Waals surface area contributed by atoms with Crippen LogP contribution in [0.15, 0.2) is 0 Å². The number of rotatable bonds is 6. The molecule has 1 heteroatoms. The molecule has 1 nitrogen and oxygen atoms in total. The van der Waals surface area contributed by atoms with Gasteiger partial charge in [0, 0.05) is 0 Å². The lowest BCUT2D eigenvalue weighted by Gasteiger charge is -2.62. The van der Waals surface area contributed by atoms with E-state index in [1.165, 1.54) is 51.4 Å². The first-order valence-corrected chi connectivity index (χ1v) is 12.7. The lowest BCUT2D eigenvalue weighted by molar-refractivity contribution is -0.209. The fraction of sp³-hybridized carbons (Fsp3) is 1.00. The van der Waals surface area contributed by atoms with Gasteiger partial charge in [0.05, 0.1) is 12.2 Å². The highest BCUT2D eigenvalue weighted by Gasteiger charge is 2.57. The van der Waals surface area contributed by atoms with Crippen LogP contribution in [0.25, 0.3) is 0 Å². The van der Waals surface area contributed by atoms with Gasteiger partial charge in [0.15, 0.2) is 0 Å². The van der Waals surface area contributed by atoms with E-state index in [1.54, 1.807) is 38.5 Å². The van der Waals surface area contributed by atoms with Gasteiger partial charge in [-0.15, -0.1) is 0 Å². The minimum atomic E-state index is 0.559. The van der Waals surface area contributed by atoms with Gasteiger partial charge >= 0.3 is 0 Å². The van der Waals surface area contributed by atoms with Crippen molar-refractivity contribution in [3.63, 3.8) is 0 Å². The molecule has 152 valence electrons. The molecule has 0 radical (unpaired) electrons. The van der Waals surface area contributed by atoms with Crippen LogP contribution in [0.1, 0.15) is 104 Å². The maximum atomic E-state index is 7.32. The molecule has 0 heterocycles. The Labute approximate surface area is 167 Å².